The molecule has 0 aliphatic heterocycles. The van der Waals surface area contributed by atoms with Crippen LogP contribution in [0.3, 0.4) is 0 Å². The molecule has 0 aliphatic rings. The lowest BCUT2D eigenvalue weighted by Gasteiger charge is -2.05. The Bertz CT molecular complexity index is 154. The summed E-state index contributed by atoms with van der Waals surface area (Å²) in [7, 11) is 3.41. The third-order valence-corrected chi connectivity index (χ3v) is 1.81. The average molecular weight is 218 g/mol. The van der Waals surface area contributed by atoms with Gasteiger partial charge in [-0.3, -0.25) is 4.79 Å². The van der Waals surface area contributed by atoms with Crippen molar-refractivity contribution >= 4 is 5.91 Å². The molecule has 0 rings (SSSR count). The minimum absolute atomic E-state index is 0.0396. The summed E-state index contributed by atoms with van der Waals surface area (Å²) >= 11 is 0. The van der Waals surface area contributed by atoms with Crippen molar-refractivity contribution in [1.29, 1.82) is 0 Å². The molecule has 0 aromatic rings. The van der Waals surface area contributed by atoms with Crippen LogP contribution in [0.4, 0.5) is 0 Å². The minimum Gasteiger partial charge on any atom is -0.382 e. The van der Waals surface area contributed by atoms with Gasteiger partial charge < -0.3 is 20.1 Å². The van der Waals surface area contributed by atoms with Gasteiger partial charge in [0.15, 0.2) is 0 Å². The van der Waals surface area contributed by atoms with Gasteiger partial charge in [-0.15, -0.1) is 0 Å². The zero-order valence-corrected chi connectivity index (χ0v) is 9.67. The maximum Gasteiger partial charge on any atom is 0.233 e. The third-order valence-electron chi connectivity index (χ3n) is 1.81. The molecule has 0 bridgehead atoms. The fraction of sp³-hybridized carbons (Fsp3) is 0.900. The van der Waals surface area contributed by atoms with Crippen LogP contribution < -0.4 is 10.6 Å². The highest BCUT2D eigenvalue weighted by molar-refractivity contribution is 5.77. The molecule has 0 atom stereocenters. The van der Waals surface area contributed by atoms with E-state index in [1.165, 1.54) is 0 Å². The van der Waals surface area contributed by atoms with Gasteiger partial charge in [-0.25, -0.2) is 0 Å². The number of methoxy groups -OCH3 is 1. The number of hydrogen-bond donors (Lipinski definition) is 2. The van der Waals surface area contributed by atoms with Crippen LogP contribution >= 0.6 is 0 Å². The molecule has 0 aromatic heterocycles. The number of carbonyl (C=O) groups is 1. The number of nitrogens with one attached hydrogen (secondary N) is 2. The van der Waals surface area contributed by atoms with Crippen LogP contribution in [0.5, 0.6) is 0 Å². The Balaban J connectivity index is 3.01. The molecular weight excluding hydrogens is 196 g/mol. The molecule has 0 saturated carbocycles. The second-order valence-electron chi connectivity index (χ2n) is 3.19. The van der Waals surface area contributed by atoms with Gasteiger partial charge in [0.1, 0.15) is 0 Å². The second-order valence-corrected chi connectivity index (χ2v) is 3.19. The largest absolute Gasteiger partial charge is 0.382 e. The summed E-state index contributed by atoms with van der Waals surface area (Å²) in [5.41, 5.74) is 0. The van der Waals surface area contributed by atoms with Crippen LogP contribution in [-0.4, -0.2) is 53.0 Å². The van der Waals surface area contributed by atoms with Gasteiger partial charge in [-0.2, -0.15) is 0 Å². The summed E-state index contributed by atoms with van der Waals surface area (Å²) in [6.45, 7) is 3.10. The molecular formula is C10H22N2O3. The summed E-state index contributed by atoms with van der Waals surface area (Å²) in [6.07, 6.45) is 1.91. The molecule has 0 heterocycles. The maximum absolute atomic E-state index is 11.0. The summed E-state index contributed by atoms with van der Waals surface area (Å²) in [5, 5.41) is 5.60. The predicted octanol–water partition coefficient (Wildman–Crippen LogP) is -0.235. The quantitative estimate of drug-likeness (QED) is 0.497. The van der Waals surface area contributed by atoms with Gasteiger partial charge in [0.25, 0.3) is 0 Å². The number of rotatable bonds is 10. The molecule has 2 N–H and O–H groups in total. The van der Waals surface area contributed by atoms with Crippen molar-refractivity contribution < 1.29 is 14.3 Å². The van der Waals surface area contributed by atoms with E-state index in [2.05, 4.69) is 10.6 Å². The smallest absolute Gasteiger partial charge is 0.233 e. The zero-order valence-electron chi connectivity index (χ0n) is 9.67. The van der Waals surface area contributed by atoms with E-state index in [-0.39, 0.29) is 5.91 Å². The van der Waals surface area contributed by atoms with Crippen LogP contribution in [0, 0.1) is 0 Å². The standard InChI is InChI=1S/C10H22N2O3/c1-11-9-10(13)12-5-3-4-6-15-8-7-14-2/h11H,3-9H2,1-2H3,(H,12,13). The number of carbonyl (C=O) groups excluding carboxylic acids is 1. The highest BCUT2D eigenvalue weighted by atomic mass is 16.5. The first-order valence-corrected chi connectivity index (χ1v) is 5.29. The molecule has 0 saturated heterocycles. The van der Waals surface area contributed by atoms with Gasteiger partial charge in [-0.1, -0.05) is 0 Å². The normalized spacial score (nSPS) is 10.3. The fourth-order valence-corrected chi connectivity index (χ4v) is 1.02. The molecule has 5 nitrogen and oxygen atoms in total. The lowest BCUT2D eigenvalue weighted by Crippen LogP contribution is -2.32. The van der Waals surface area contributed by atoms with Gasteiger partial charge >= 0.3 is 0 Å². The van der Waals surface area contributed by atoms with Crippen LogP contribution in [0.1, 0.15) is 12.8 Å². The van der Waals surface area contributed by atoms with E-state index >= 15 is 0 Å². The number of unbranched alkanes of at least 4 members (excludes halogenated alkanes) is 1. The Morgan fingerprint density at radius 3 is 2.67 bits per heavy atom. The third kappa shape index (κ3) is 11.3. The van der Waals surface area contributed by atoms with Crippen LogP contribution in [-0.2, 0) is 14.3 Å². The molecule has 0 aromatic carbocycles. The molecule has 1 amide bonds. The molecule has 0 spiro atoms. The summed E-state index contributed by atoms with van der Waals surface area (Å²) in [6, 6.07) is 0. The summed E-state index contributed by atoms with van der Waals surface area (Å²) in [5.74, 6) is 0.0396. The minimum atomic E-state index is 0.0396. The van der Waals surface area contributed by atoms with Gasteiger partial charge in [0.05, 0.1) is 19.8 Å². The fourth-order valence-electron chi connectivity index (χ4n) is 1.02. The first-order chi connectivity index (χ1) is 7.31. The van der Waals surface area contributed by atoms with Crippen molar-refractivity contribution in [1.82, 2.24) is 10.6 Å². The van der Waals surface area contributed by atoms with Crippen molar-refractivity contribution in [2.45, 2.75) is 12.8 Å². The Kier molecular flexibility index (Phi) is 10.9. The molecule has 0 aliphatic carbocycles. The zero-order chi connectivity index (χ0) is 11.4. The highest BCUT2D eigenvalue weighted by Crippen LogP contribution is 1.88. The maximum atomic E-state index is 11.0. The number of hydrogen-bond acceptors (Lipinski definition) is 4. The number of ether oxygens (including phenoxy) is 2. The molecule has 0 fully saturated rings. The van der Waals surface area contributed by atoms with E-state index in [0.29, 0.717) is 26.3 Å². The molecule has 0 unspecified atom stereocenters. The van der Waals surface area contributed by atoms with Crippen molar-refractivity contribution in [3.05, 3.63) is 0 Å². The van der Waals surface area contributed by atoms with E-state index in [9.17, 15) is 4.79 Å². The van der Waals surface area contributed by atoms with E-state index in [0.717, 1.165) is 19.4 Å². The van der Waals surface area contributed by atoms with Crippen LogP contribution in [0.25, 0.3) is 0 Å². The van der Waals surface area contributed by atoms with Gasteiger partial charge in [0.2, 0.25) is 5.91 Å². The average Bonchev–Trinajstić information content (AvgIpc) is 2.22. The number of likely N-dealkylation sites (N-methyl/N-ethyl adjacent to an activating group) is 1. The van der Waals surface area contributed by atoms with Crippen LogP contribution in [0.15, 0.2) is 0 Å². The first kappa shape index (κ1) is 14.3. The SMILES string of the molecule is CNCC(=O)NCCCCOCCOC. The monoisotopic (exact) mass is 218 g/mol. The Morgan fingerprint density at radius 1 is 1.20 bits per heavy atom. The van der Waals surface area contributed by atoms with E-state index < -0.39 is 0 Å². The Labute approximate surface area is 91.5 Å². The van der Waals surface area contributed by atoms with E-state index in [1.807, 2.05) is 0 Å². The van der Waals surface area contributed by atoms with Gasteiger partial charge in [0, 0.05) is 20.3 Å². The molecule has 0 radical (unpaired) electrons. The molecule has 15 heavy (non-hydrogen) atoms. The lowest BCUT2D eigenvalue weighted by atomic mass is 10.3. The van der Waals surface area contributed by atoms with E-state index in [1.54, 1.807) is 14.2 Å². The van der Waals surface area contributed by atoms with E-state index in [4.69, 9.17) is 9.47 Å². The first-order valence-electron chi connectivity index (χ1n) is 5.29. The molecule has 5 heteroatoms. The topological polar surface area (TPSA) is 59.6 Å². The Hall–Kier alpha value is -0.650. The molecule has 90 valence electrons. The lowest BCUT2D eigenvalue weighted by molar-refractivity contribution is -0.120. The van der Waals surface area contributed by atoms with Crippen LogP contribution in [0.2, 0.25) is 0 Å². The van der Waals surface area contributed by atoms with Crippen molar-refractivity contribution in [3.8, 4) is 0 Å². The predicted molar refractivity (Wildman–Crippen MR) is 58.9 cm³/mol. The Morgan fingerprint density at radius 2 is 2.00 bits per heavy atom. The number of amides is 1. The summed E-state index contributed by atoms with van der Waals surface area (Å²) in [4.78, 5) is 11.0. The van der Waals surface area contributed by atoms with Crippen molar-refractivity contribution in [2.24, 2.45) is 0 Å². The second kappa shape index (κ2) is 11.4. The van der Waals surface area contributed by atoms with Gasteiger partial charge in [-0.05, 0) is 19.9 Å². The highest BCUT2D eigenvalue weighted by Gasteiger charge is 1.96. The summed E-state index contributed by atoms with van der Waals surface area (Å²) < 4.78 is 10.1. The van der Waals surface area contributed by atoms with Crippen molar-refractivity contribution in [3.63, 3.8) is 0 Å². The van der Waals surface area contributed by atoms with Crippen molar-refractivity contribution in [2.75, 3.05) is 47.1 Å².